The summed E-state index contributed by atoms with van der Waals surface area (Å²) in [6.07, 6.45) is 1.79. The average Bonchev–Trinajstić information content (AvgIpc) is 2.32. The summed E-state index contributed by atoms with van der Waals surface area (Å²) in [5.74, 6) is -2.20. The highest BCUT2D eigenvalue weighted by Crippen LogP contribution is 2.49. The number of carboxylic acids is 1. The molecule has 0 aromatic heterocycles. The molecule has 110 valence electrons. The highest BCUT2D eigenvalue weighted by atomic mass is 32.2. The first kappa shape index (κ1) is 15.0. The first-order valence-corrected chi connectivity index (χ1v) is 8.06. The number of aliphatic carboxylic acids is 1. The van der Waals surface area contributed by atoms with Gasteiger partial charge in [-0.1, -0.05) is 31.9 Å². The lowest BCUT2D eigenvalue weighted by molar-refractivity contribution is -0.144. The summed E-state index contributed by atoms with van der Waals surface area (Å²) in [4.78, 5) is 11.0. The molecule has 0 bridgehead atoms. The molecule has 1 aromatic carbocycles. The van der Waals surface area contributed by atoms with E-state index >= 15 is 0 Å². The van der Waals surface area contributed by atoms with E-state index in [9.17, 15) is 22.7 Å². The van der Waals surface area contributed by atoms with Gasteiger partial charge in [-0.3, -0.25) is 4.79 Å². The van der Waals surface area contributed by atoms with Crippen molar-refractivity contribution in [1.29, 1.82) is 0 Å². The molecule has 0 spiro atoms. The number of halogens is 1. The maximum absolute atomic E-state index is 13.7. The van der Waals surface area contributed by atoms with Gasteiger partial charge in [-0.15, -0.1) is 0 Å². The monoisotopic (exact) mass is 300 g/mol. The van der Waals surface area contributed by atoms with Crippen molar-refractivity contribution in [2.45, 2.75) is 42.2 Å². The van der Waals surface area contributed by atoms with Gasteiger partial charge in [0, 0.05) is 0 Å². The predicted molar refractivity (Wildman–Crippen MR) is 71.6 cm³/mol. The summed E-state index contributed by atoms with van der Waals surface area (Å²) >= 11 is 0. The molecule has 0 saturated heterocycles. The van der Waals surface area contributed by atoms with Crippen molar-refractivity contribution in [1.82, 2.24) is 0 Å². The maximum Gasteiger partial charge on any atom is 0.325 e. The number of hydrogen-bond donors (Lipinski definition) is 1. The summed E-state index contributed by atoms with van der Waals surface area (Å²) in [7, 11) is -4.22. The molecule has 1 fully saturated rings. The Kier molecular flexibility index (Phi) is 3.86. The van der Waals surface area contributed by atoms with Gasteiger partial charge in [0.05, 0.1) is 0 Å². The second-order valence-electron chi connectivity index (χ2n) is 5.30. The summed E-state index contributed by atoms with van der Waals surface area (Å²) in [6, 6.07) is 4.93. The van der Waals surface area contributed by atoms with Crippen LogP contribution in [0.5, 0.6) is 0 Å². The Morgan fingerprint density at radius 3 is 2.50 bits per heavy atom. The van der Waals surface area contributed by atoms with E-state index in [0.717, 1.165) is 25.0 Å². The summed E-state index contributed by atoms with van der Waals surface area (Å²) < 4.78 is 36.9. The Hall–Kier alpha value is -1.43. The van der Waals surface area contributed by atoms with Crippen LogP contribution in [-0.2, 0) is 14.6 Å². The SMILES string of the molecule is CCCC1CC(C(=O)O)(S(=O)(=O)c2ccccc2F)C1. The predicted octanol–water partition coefficient (Wildman–Crippen LogP) is 2.63. The van der Waals surface area contributed by atoms with Crippen molar-refractivity contribution >= 4 is 15.8 Å². The standard InChI is InChI=1S/C14H17FO4S/c1-2-5-10-8-14(9-10,13(16)17)20(18,19)12-7-4-3-6-11(12)15/h3-4,6-7,10H,2,5,8-9H2,1H3,(H,16,17). The molecule has 1 aliphatic rings. The smallest absolute Gasteiger partial charge is 0.325 e. The average molecular weight is 300 g/mol. The molecule has 0 heterocycles. The molecule has 0 unspecified atom stereocenters. The summed E-state index contributed by atoms with van der Waals surface area (Å²) in [5.41, 5.74) is 0. The number of sulfone groups is 1. The molecule has 20 heavy (non-hydrogen) atoms. The molecule has 4 nitrogen and oxygen atoms in total. The fourth-order valence-corrected chi connectivity index (χ4v) is 5.01. The summed E-state index contributed by atoms with van der Waals surface area (Å²) in [6.45, 7) is 1.96. The molecule has 0 aliphatic heterocycles. The lowest BCUT2D eigenvalue weighted by Gasteiger charge is -2.43. The van der Waals surface area contributed by atoms with E-state index in [2.05, 4.69) is 0 Å². The first-order valence-electron chi connectivity index (χ1n) is 6.57. The van der Waals surface area contributed by atoms with Gasteiger partial charge in [0.25, 0.3) is 0 Å². The molecule has 0 atom stereocenters. The Bertz CT molecular complexity index is 618. The highest BCUT2D eigenvalue weighted by molar-refractivity contribution is 7.93. The molecular weight excluding hydrogens is 283 g/mol. The van der Waals surface area contributed by atoms with Crippen molar-refractivity contribution in [2.75, 3.05) is 0 Å². The van der Waals surface area contributed by atoms with Gasteiger partial charge in [0.1, 0.15) is 10.7 Å². The number of carbonyl (C=O) groups is 1. The Balaban J connectivity index is 2.42. The van der Waals surface area contributed by atoms with Gasteiger partial charge in [-0.05, 0) is 30.9 Å². The van der Waals surface area contributed by atoms with Crippen LogP contribution in [0.1, 0.15) is 32.6 Å². The van der Waals surface area contributed by atoms with Crippen molar-refractivity contribution in [3.63, 3.8) is 0 Å². The van der Waals surface area contributed by atoms with E-state index in [1.807, 2.05) is 6.92 Å². The molecule has 0 radical (unpaired) electrons. The maximum atomic E-state index is 13.7. The number of hydrogen-bond acceptors (Lipinski definition) is 3. The zero-order valence-corrected chi connectivity index (χ0v) is 12.0. The molecule has 1 N–H and O–H groups in total. The second kappa shape index (κ2) is 5.16. The fourth-order valence-electron chi connectivity index (χ4n) is 2.87. The van der Waals surface area contributed by atoms with E-state index in [4.69, 9.17) is 0 Å². The lowest BCUT2D eigenvalue weighted by Crippen LogP contribution is -2.56. The molecular formula is C14H17FO4S. The molecule has 6 heteroatoms. The van der Waals surface area contributed by atoms with Gasteiger partial charge < -0.3 is 5.11 Å². The van der Waals surface area contributed by atoms with Crippen LogP contribution in [0.15, 0.2) is 29.2 Å². The third-order valence-corrected chi connectivity index (χ3v) is 6.41. The van der Waals surface area contributed by atoms with Crippen LogP contribution in [0.25, 0.3) is 0 Å². The van der Waals surface area contributed by atoms with Crippen LogP contribution < -0.4 is 0 Å². The van der Waals surface area contributed by atoms with Crippen LogP contribution in [-0.4, -0.2) is 24.2 Å². The summed E-state index contributed by atoms with van der Waals surface area (Å²) in [5, 5.41) is 9.36. The molecule has 0 amide bonds. The second-order valence-corrected chi connectivity index (χ2v) is 7.52. The normalized spacial score (nSPS) is 26.0. The van der Waals surface area contributed by atoms with Crippen molar-refractivity contribution < 1.29 is 22.7 Å². The molecule has 1 aliphatic carbocycles. The van der Waals surface area contributed by atoms with Crippen LogP contribution in [0.3, 0.4) is 0 Å². The highest BCUT2D eigenvalue weighted by Gasteiger charge is 2.60. The van der Waals surface area contributed by atoms with Gasteiger partial charge in [-0.25, -0.2) is 12.8 Å². The topological polar surface area (TPSA) is 71.4 Å². The molecule has 1 aromatic rings. The number of benzene rings is 1. The Morgan fingerprint density at radius 2 is 2.00 bits per heavy atom. The largest absolute Gasteiger partial charge is 0.480 e. The minimum Gasteiger partial charge on any atom is -0.480 e. The van der Waals surface area contributed by atoms with Crippen LogP contribution >= 0.6 is 0 Å². The van der Waals surface area contributed by atoms with E-state index in [0.29, 0.717) is 0 Å². The Morgan fingerprint density at radius 1 is 1.40 bits per heavy atom. The van der Waals surface area contributed by atoms with Gasteiger partial charge in [-0.2, -0.15) is 0 Å². The lowest BCUT2D eigenvalue weighted by atomic mass is 9.72. The molecule has 1 saturated carbocycles. The fraction of sp³-hybridized carbons (Fsp3) is 0.500. The van der Waals surface area contributed by atoms with Gasteiger partial charge in [0.15, 0.2) is 14.6 Å². The van der Waals surface area contributed by atoms with Crippen LogP contribution in [0.2, 0.25) is 0 Å². The van der Waals surface area contributed by atoms with Crippen molar-refractivity contribution in [3.8, 4) is 0 Å². The van der Waals surface area contributed by atoms with E-state index in [1.54, 1.807) is 0 Å². The van der Waals surface area contributed by atoms with E-state index in [1.165, 1.54) is 12.1 Å². The van der Waals surface area contributed by atoms with Gasteiger partial charge >= 0.3 is 5.97 Å². The van der Waals surface area contributed by atoms with Crippen LogP contribution in [0.4, 0.5) is 4.39 Å². The molecule has 2 rings (SSSR count). The van der Waals surface area contributed by atoms with Crippen LogP contribution in [0, 0.1) is 11.7 Å². The zero-order valence-electron chi connectivity index (χ0n) is 11.2. The van der Waals surface area contributed by atoms with Crippen molar-refractivity contribution in [3.05, 3.63) is 30.1 Å². The quantitative estimate of drug-likeness (QED) is 0.907. The number of carboxylic acid groups (broad SMARTS) is 1. The minimum atomic E-state index is -4.22. The zero-order chi connectivity index (χ0) is 15.0. The number of rotatable bonds is 5. The third kappa shape index (κ3) is 2.12. The first-order chi connectivity index (χ1) is 9.35. The minimum absolute atomic E-state index is 0.0623. The van der Waals surface area contributed by atoms with E-state index in [-0.39, 0.29) is 18.8 Å². The van der Waals surface area contributed by atoms with Gasteiger partial charge in [0.2, 0.25) is 0 Å². The van der Waals surface area contributed by atoms with Crippen molar-refractivity contribution in [2.24, 2.45) is 5.92 Å². The third-order valence-electron chi connectivity index (χ3n) is 3.96. The Labute approximate surface area is 117 Å². The van der Waals surface area contributed by atoms with E-state index < -0.39 is 31.3 Å².